The minimum absolute atomic E-state index is 0.0122. The molecule has 3 aromatic rings. The number of hydrogen-bond donors (Lipinski definition) is 1. The standard InChI is InChI=1S/C19H14BrF3N4O3S/c20-7-8-24-17(28)26(14-5-2-4-13(10-14)19(21,22)23)18-25-16(11-31-18)12-3-1-6-15(9-12)27(29)30/h1-6,9-11H,7-8H2,(H,24,28). The summed E-state index contributed by atoms with van der Waals surface area (Å²) in [5.41, 5.74) is -0.243. The summed E-state index contributed by atoms with van der Waals surface area (Å²) in [6, 6.07) is 9.48. The quantitative estimate of drug-likeness (QED) is 0.249. The van der Waals surface area contributed by atoms with Crippen molar-refractivity contribution >= 4 is 49.8 Å². The molecular weight excluding hydrogens is 501 g/mol. The Hall–Kier alpha value is -2.99. The van der Waals surface area contributed by atoms with Crippen molar-refractivity contribution in [3.05, 3.63) is 69.6 Å². The van der Waals surface area contributed by atoms with Crippen LogP contribution in [0.4, 0.5) is 34.5 Å². The number of anilines is 2. The zero-order valence-electron chi connectivity index (χ0n) is 15.6. The van der Waals surface area contributed by atoms with Crippen molar-refractivity contribution in [3.8, 4) is 11.3 Å². The highest BCUT2D eigenvalue weighted by Crippen LogP contribution is 2.36. The number of carbonyl (C=O) groups excluding carboxylic acids is 1. The van der Waals surface area contributed by atoms with Crippen LogP contribution in [-0.2, 0) is 6.18 Å². The van der Waals surface area contributed by atoms with Gasteiger partial charge in [-0.25, -0.2) is 14.7 Å². The van der Waals surface area contributed by atoms with E-state index in [9.17, 15) is 28.1 Å². The topological polar surface area (TPSA) is 88.4 Å². The van der Waals surface area contributed by atoms with E-state index in [0.717, 1.165) is 28.4 Å². The van der Waals surface area contributed by atoms with Crippen molar-refractivity contribution in [1.82, 2.24) is 10.3 Å². The summed E-state index contributed by atoms with van der Waals surface area (Å²) < 4.78 is 39.5. The summed E-state index contributed by atoms with van der Waals surface area (Å²) in [5.74, 6) is 0. The molecule has 1 aromatic heterocycles. The van der Waals surface area contributed by atoms with Gasteiger partial charge in [-0.1, -0.05) is 34.1 Å². The fraction of sp³-hybridized carbons (Fsp3) is 0.158. The van der Waals surface area contributed by atoms with Gasteiger partial charge in [-0.3, -0.25) is 10.1 Å². The SMILES string of the molecule is O=C(NCCBr)N(c1cccc(C(F)(F)F)c1)c1nc(-c2cccc([N+](=O)[O-])c2)cs1. The number of amides is 2. The second-order valence-electron chi connectivity index (χ2n) is 6.13. The van der Waals surface area contributed by atoms with Crippen molar-refractivity contribution < 1.29 is 22.9 Å². The lowest BCUT2D eigenvalue weighted by molar-refractivity contribution is -0.384. The molecule has 31 heavy (non-hydrogen) atoms. The number of nitrogens with one attached hydrogen (secondary N) is 1. The molecule has 0 aliphatic heterocycles. The lowest BCUT2D eigenvalue weighted by Crippen LogP contribution is -2.37. The van der Waals surface area contributed by atoms with E-state index in [4.69, 9.17) is 0 Å². The number of non-ortho nitro benzene ring substituents is 1. The molecule has 1 heterocycles. The predicted molar refractivity (Wildman–Crippen MR) is 115 cm³/mol. The van der Waals surface area contributed by atoms with Crippen molar-refractivity contribution in [2.24, 2.45) is 0 Å². The first-order valence-electron chi connectivity index (χ1n) is 8.72. The average Bonchev–Trinajstić information content (AvgIpc) is 3.22. The molecule has 0 saturated heterocycles. The van der Waals surface area contributed by atoms with Gasteiger partial charge in [-0.2, -0.15) is 13.2 Å². The molecule has 0 radical (unpaired) electrons. The molecule has 0 bridgehead atoms. The molecule has 0 fully saturated rings. The minimum atomic E-state index is -4.58. The number of nitrogens with zero attached hydrogens (tertiary/aromatic N) is 3. The summed E-state index contributed by atoms with van der Waals surface area (Å²) in [4.78, 5) is 28.6. The summed E-state index contributed by atoms with van der Waals surface area (Å²) in [7, 11) is 0. The third kappa shape index (κ3) is 5.39. The van der Waals surface area contributed by atoms with Crippen LogP contribution in [0.15, 0.2) is 53.9 Å². The Morgan fingerprint density at radius 2 is 1.97 bits per heavy atom. The molecule has 162 valence electrons. The van der Waals surface area contributed by atoms with E-state index >= 15 is 0 Å². The molecule has 2 amide bonds. The first-order valence-corrected chi connectivity index (χ1v) is 10.7. The molecule has 2 aromatic carbocycles. The van der Waals surface area contributed by atoms with Crippen molar-refractivity contribution in [2.75, 3.05) is 16.8 Å². The van der Waals surface area contributed by atoms with Gasteiger partial charge in [-0.05, 0) is 18.2 Å². The van der Waals surface area contributed by atoms with Crippen LogP contribution in [0.5, 0.6) is 0 Å². The van der Waals surface area contributed by atoms with Gasteiger partial charge in [0, 0.05) is 35.0 Å². The first kappa shape index (κ1) is 22.7. The van der Waals surface area contributed by atoms with Crippen LogP contribution in [0, 0.1) is 10.1 Å². The highest BCUT2D eigenvalue weighted by atomic mass is 79.9. The number of aromatic nitrogens is 1. The van der Waals surface area contributed by atoms with Crippen LogP contribution < -0.4 is 10.2 Å². The normalized spacial score (nSPS) is 11.2. The third-order valence-electron chi connectivity index (χ3n) is 4.04. The van der Waals surface area contributed by atoms with Crippen LogP contribution in [0.1, 0.15) is 5.56 Å². The molecule has 12 heteroatoms. The Labute approximate surface area is 186 Å². The number of halogens is 4. The van der Waals surface area contributed by atoms with Gasteiger partial charge < -0.3 is 5.32 Å². The van der Waals surface area contributed by atoms with E-state index in [1.165, 1.54) is 30.3 Å². The molecule has 0 atom stereocenters. The lowest BCUT2D eigenvalue weighted by atomic mass is 10.1. The zero-order chi connectivity index (χ0) is 22.6. The zero-order valence-corrected chi connectivity index (χ0v) is 18.0. The minimum Gasteiger partial charge on any atom is -0.336 e. The molecular formula is C19H14BrF3N4O3S. The Morgan fingerprint density at radius 3 is 2.65 bits per heavy atom. The molecule has 0 unspecified atom stereocenters. The van der Waals surface area contributed by atoms with Gasteiger partial charge in [0.2, 0.25) is 0 Å². The van der Waals surface area contributed by atoms with Gasteiger partial charge in [0.25, 0.3) is 5.69 Å². The van der Waals surface area contributed by atoms with Crippen molar-refractivity contribution in [3.63, 3.8) is 0 Å². The Kier molecular flexibility index (Phi) is 6.91. The molecule has 7 nitrogen and oxygen atoms in total. The predicted octanol–water partition coefficient (Wildman–Crippen LogP) is 5.98. The summed E-state index contributed by atoms with van der Waals surface area (Å²) in [5, 5.41) is 15.8. The average molecular weight is 515 g/mol. The second kappa shape index (κ2) is 9.43. The van der Waals surface area contributed by atoms with E-state index in [1.54, 1.807) is 11.4 Å². The Bertz CT molecular complexity index is 1110. The first-order chi connectivity index (χ1) is 14.7. The van der Waals surface area contributed by atoms with Gasteiger partial charge in [0.1, 0.15) is 0 Å². The maximum atomic E-state index is 13.2. The monoisotopic (exact) mass is 514 g/mol. The number of urea groups is 1. The lowest BCUT2D eigenvalue weighted by Gasteiger charge is -2.21. The van der Waals surface area contributed by atoms with Gasteiger partial charge in [0.05, 0.1) is 21.9 Å². The molecule has 3 rings (SSSR count). The maximum absolute atomic E-state index is 13.2. The number of alkyl halides is 4. The number of thiazole rings is 1. The number of benzene rings is 2. The van der Waals surface area contributed by atoms with E-state index in [2.05, 4.69) is 26.2 Å². The maximum Gasteiger partial charge on any atom is 0.416 e. The Morgan fingerprint density at radius 1 is 1.23 bits per heavy atom. The number of rotatable bonds is 6. The largest absolute Gasteiger partial charge is 0.416 e. The van der Waals surface area contributed by atoms with Crippen LogP contribution in [0.25, 0.3) is 11.3 Å². The highest BCUT2D eigenvalue weighted by Gasteiger charge is 2.32. The van der Waals surface area contributed by atoms with Crippen molar-refractivity contribution in [2.45, 2.75) is 6.18 Å². The molecule has 0 saturated carbocycles. The Balaban J connectivity index is 2.03. The number of nitro groups is 1. The molecule has 1 N–H and O–H groups in total. The van der Waals surface area contributed by atoms with Crippen LogP contribution in [-0.4, -0.2) is 27.8 Å². The number of nitro benzene ring substituents is 1. The summed E-state index contributed by atoms with van der Waals surface area (Å²) in [6.45, 7) is 0.247. The molecule has 0 spiro atoms. The number of carbonyl (C=O) groups is 1. The van der Waals surface area contributed by atoms with Crippen LogP contribution in [0.3, 0.4) is 0 Å². The van der Waals surface area contributed by atoms with E-state index in [-0.39, 0.29) is 23.1 Å². The van der Waals surface area contributed by atoms with Crippen molar-refractivity contribution in [1.29, 1.82) is 0 Å². The van der Waals surface area contributed by atoms with E-state index in [0.29, 0.717) is 16.6 Å². The van der Waals surface area contributed by atoms with Gasteiger partial charge >= 0.3 is 12.2 Å². The van der Waals surface area contributed by atoms with Gasteiger partial charge in [0.15, 0.2) is 5.13 Å². The summed E-state index contributed by atoms with van der Waals surface area (Å²) in [6.07, 6.45) is -4.58. The van der Waals surface area contributed by atoms with E-state index < -0.39 is 22.7 Å². The van der Waals surface area contributed by atoms with Gasteiger partial charge in [-0.15, -0.1) is 11.3 Å². The fourth-order valence-electron chi connectivity index (χ4n) is 2.65. The number of hydrogen-bond acceptors (Lipinski definition) is 5. The molecule has 0 aliphatic carbocycles. The molecule has 0 aliphatic rings. The second-order valence-corrected chi connectivity index (χ2v) is 7.76. The van der Waals surface area contributed by atoms with E-state index in [1.807, 2.05) is 0 Å². The fourth-order valence-corrected chi connectivity index (χ4v) is 3.70. The highest BCUT2D eigenvalue weighted by molar-refractivity contribution is 9.09. The third-order valence-corrected chi connectivity index (χ3v) is 5.26. The smallest absolute Gasteiger partial charge is 0.336 e. The summed E-state index contributed by atoms with van der Waals surface area (Å²) >= 11 is 4.21. The van der Waals surface area contributed by atoms with Crippen LogP contribution in [0.2, 0.25) is 0 Å². The van der Waals surface area contributed by atoms with Crippen LogP contribution >= 0.6 is 27.3 Å².